The van der Waals surface area contributed by atoms with E-state index in [9.17, 15) is 9.59 Å². The lowest BCUT2D eigenvalue weighted by molar-refractivity contribution is 0.0920. The Bertz CT molecular complexity index is 390. The van der Waals surface area contributed by atoms with Crippen LogP contribution in [0.3, 0.4) is 0 Å². The Hall–Kier alpha value is -1.62. The molecule has 0 aliphatic heterocycles. The summed E-state index contributed by atoms with van der Waals surface area (Å²) in [5.74, 6) is -0.322. The molecule has 88 valence electrons. The van der Waals surface area contributed by atoms with E-state index in [2.05, 4.69) is 9.73 Å². The van der Waals surface area contributed by atoms with Crippen LogP contribution in [0.5, 0.6) is 0 Å². The number of carbonyl (C=O) groups excluding carboxylic acids is 1. The van der Waals surface area contributed by atoms with Crippen molar-refractivity contribution >= 4 is 5.91 Å². The molecular formula is C11H15NO4. The highest BCUT2D eigenvalue weighted by molar-refractivity contribution is 5.93. The minimum absolute atomic E-state index is 0.139. The molecule has 1 amide bonds. The molecule has 5 nitrogen and oxygen atoms in total. The topological polar surface area (TPSA) is 79.5 Å². The van der Waals surface area contributed by atoms with Gasteiger partial charge in [0.05, 0.1) is 11.7 Å². The smallest absolute Gasteiger partial charge is 0.335 e. The van der Waals surface area contributed by atoms with Gasteiger partial charge in [-0.05, 0) is 26.3 Å². The molecular weight excluding hydrogens is 210 g/mol. The van der Waals surface area contributed by atoms with E-state index < -0.39 is 11.7 Å². The lowest BCUT2D eigenvalue weighted by Crippen LogP contribution is -2.34. The summed E-state index contributed by atoms with van der Waals surface area (Å²) < 4.78 is 4.58. The molecule has 1 aromatic heterocycles. The van der Waals surface area contributed by atoms with Crippen molar-refractivity contribution in [3.05, 3.63) is 34.4 Å². The van der Waals surface area contributed by atoms with Crippen LogP contribution >= 0.6 is 0 Å². The number of hydrogen-bond acceptors (Lipinski definition) is 4. The molecule has 0 spiro atoms. The normalized spacial score (nSPS) is 14.2. The molecule has 5 heteroatoms. The molecule has 1 heterocycles. The maximum Gasteiger partial charge on any atom is 0.335 e. The van der Waals surface area contributed by atoms with Gasteiger partial charge in [0.15, 0.2) is 0 Å². The second-order valence-electron chi connectivity index (χ2n) is 3.80. The molecule has 1 aromatic rings. The second-order valence-corrected chi connectivity index (χ2v) is 3.80. The van der Waals surface area contributed by atoms with Gasteiger partial charge in [-0.1, -0.05) is 0 Å². The number of aliphatic hydroxyl groups is 1. The van der Waals surface area contributed by atoms with Crippen LogP contribution in [0.4, 0.5) is 0 Å². The van der Waals surface area contributed by atoms with Gasteiger partial charge >= 0.3 is 5.63 Å². The Morgan fingerprint density at radius 1 is 1.50 bits per heavy atom. The number of hydrogen-bond donors (Lipinski definition) is 2. The third kappa shape index (κ3) is 3.86. The summed E-state index contributed by atoms with van der Waals surface area (Å²) in [6.07, 6.45) is 1.12. The van der Waals surface area contributed by atoms with Crippen LogP contribution in [0.25, 0.3) is 0 Å². The lowest BCUT2D eigenvalue weighted by Gasteiger charge is -2.14. The van der Waals surface area contributed by atoms with E-state index in [1.165, 1.54) is 12.1 Å². The largest absolute Gasteiger partial charge is 0.430 e. The molecule has 2 unspecified atom stereocenters. The van der Waals surface area contributed by atoms with Gasteiger partial charge < -0.3 is 14.8 Å². The summed E-state index contributed by atoms with van der Waals surface area (Å²) in [5, 5.41) is 11.8. The fraction of sp³-hybridized carbons (Fsp3) is 0.455. The first-order chi connectivity index (χ1) is 7.49. The second kappa shape index (κ2) is 5.46. The molecule has 2 N–H and O–H groups in total. The van der Waals surface area contributed by atoms with Crippen LogP contribution < -0.4 is 10.9 Å². The standard InChI is InChI=1S/C11H15NO4/c1-7(5-8(2)13)12-11(15)9-3-4-10(14)16-6-9/h3-4,6-8,13H,5H2,1-2H3,(H,12,15). The monoisotopic (exact) mass is 225 g/mol. The number of rotatable bonds is 4. The van der Waals surface area contributed by atoms with Crippen LogP contribution in [0.1, 0.15) is 30.6 Å². The molecule has 0 bridgehead atoms. The summed E-state index contributed by atoms with van der Waals surface area (Å²) in [6, 6.07) is 2.45. The third-order valence-electron chi connectivity index (χ3n) is 2.04. The van der Waals surface area contributed by atoms with E-state index in [0.717, 1.165) is 6.26 Å². The van der Waals surface area contributed by atoms with Crippen molar-refractivity contribution in [3.8, 4) is 0 Å². The zero-order valence-corrected chi connectivity index (χ0v) is 9.27. The van der Waals surface area contributed by atoms with Crippen molar-refractivity contribution < 1.29 is 14.3 Å². The molecule has 0 radical (unpaired) electrons. The fourth-order valence-electron chi connectivity index (χ4n) is 1.36. The summed E-state index contributed by atoms with van der Waals surface area (Å²) in [6.45, 7) is 3.45. The molecule has 2 atom stereocenters. The first-order valence-corrected chi connectivity index (χ1v) is 5.07. The van der Waals surface area contributed by atoms with E-state index in [1.807, 2.05) is 0 Å². The van der Waals surface area contributed by atoms with Gasteiger partial charge in [0.25, 0.3) is 5.91 Å². The molecule has 16 heavy (non-hydrogen) atoms. The summed E-state index contributed by atoms with van der Waals surface area (Å²) >= 11 is 0. The molecule has 0 aliphatic carbocycles. The van der Waals surface area contributed by atoms with E-state index in [0.29, 0.717) is 6.42 Å². The minimum atomic E-state index is -0.492. The SMILES string of the molecule is CC(O)CC(C)NC(=O)c1ccc(=O)oc1. The molecule has 0 aliphatic rings. The van der Waals surface area contributed by atoms with Gasteiger partial charge in [0.2, 0.25) is 0 Å². The van der Waals surface area contributed by atoms with Gasteiger partial charge in [0, 0.05) is 12.1 Å². The van der Waals surface area contributed by atoms with Crippen LogP contribution in [-0.4, -0.2) is 23.2 Å². The number of nitrogens with one attached hydrogen (secondary N) is 1. The van der Waals surface area contributed by atoms with Crippen LogP contribution in [0.15, 0.2) is 27.6 Å². The van der Waals surface area contributed by atoms with Crippen LogP contribution in [-0.2, 0) is 0 Å². The van der Waals surface area contributed by atoms with Crippen molar-refractivity contribution in [2.75, 3.05) is 0 Å². The molecule has 0 fully saturated rings. The summed E-state index contributed by atoms with van der Waals surface area (Å²) in [4.78, 5) is 22.3. The number of amides is 1. The van der Waals surface area contributed by atoms with Crippen molar-refractivity contribution in [1.29, 1.82) is 0 Å². The van der Waals surface area contributed by atoms with Crippen LogP contribution in [0, 0.1) is 0 Å². The number of aliphatic hydroxyl groups excluding tert-OH is 1. The molecule has 0 aromatic carbocycles. The Kier molecular flexibility index (Phi) is 4.25. The fourth-order valence-corrected chi connectivity index (χ4v) is 1.36. The predicted octanol–water partition coefficient (Wildman–Crippen LogP) is 0.529. The van der Waals surface area contributed by atoms with Crippen molar-refractivity contribution in [3.63, 3.8) is 0 Å². The Morgan fingerprint density at radius 3 is 2.69 bits per heavy atom. The molecule has 0 saturated carbocycles. The van der Waals surface area contributed by atoms with E-state index in [-0.39, 0.29) is 17.5 Å². The molecule has 0 saturated heterocycles. The quantitative estimate of drug-likeness (QED) is 0.783. The Morgan fingerprint density at radius 2 is 2.19 bits per heavy atom. The van der Waals surface area contributed by atoms with Gasteiger partial charge in [0.1, 0.15) is 6.26 Å². The predicted molar refractivity (Wildman–Crippen MR) is 58.2 cm³/mol. The van der Waals surface area contributed by atoms with Gasteiger partial charge in [-0.2, -0.15) is 0 Å². The van der Waals surface area contributed by atoms with Crippen LogP contribution in [0.2, 0.25) is 0 Å². The zero-order valence-electron chi connectivity index (χ0n) is 9.27. The van der Waals surface area contributed by atoms with E-state index >= 15 is 0 Å². The zero-order chi connectivity index (χ0) is 12.1. The highest BCUT2D eigenvalue weighted by Crippen LogP contribution is 2.00. The molecule has 1 rings (SSSR count). The van der Waals surface area contributed by atoms with Gasteiger partial charge in [-0.25, -0.2) is 4.79 Å². The van der Waals surface area contributed by atoms with Crippen molar-refractivity contribution in [2.45, 2.75) is 32.4 Å². The third-order valence-corrected chi connectivity index (χ3v) is 2.04. The van der Waals surface area contributed by atoms with E-state index in [1.54, 1.807) is 13.8 Å². The summed E-state index contributed by atoms with van der Waals surface area (Å²) in [7, 11) is 0. The van der Waals surface area contributed by atoms with Gasteiger partial charge in [-0.15, -0.1) is 0 Å². The van der Waals surface area contributed by atoms with E-state index in [4.69, 9.17) is 5.11 Å². The maximum atomic E-state index is 11.6. The Balaban J connectivity index is 2.58. The highest BCUT2D eigenvalue weighted by Gasteiger charge is 2.11. The number of carbonyl (C=O) groups is 1. The van der Waals surface area contributed by atoms with Gasteiger partial charge in [-0.3, -0.25) is 4.79 Å². The minimum Gasteiger partial charge on any atom is -0.430 e. The highest BCUT2D eigenvalue weighted by atomic mass is 16.4. The Labute approximate surface area is 93.1 Å². The first-order valence-electron chi connectivity index (χ1n) is 5.07. The first kappa shape index (κ1) is 12.4. The maximum absolute atomic E-state index is 11.6. The van der Waals surface area contributed by atoms with Crippen molar-refractivity contribution in [1.82, 2.24) is 5.32 Å². The summed E-state index contributed by atoms with van der Waals surface area (Å²) in [5.41, 5.74) is -0.203. The lowest BCUT2D eigenvalue weighted by atomic mass is 10.1. The average molecular weight is 225 g/mol. The van der Waals surface area contributed by atoms with Crippen molar-refractivity contribution in [2.24, 2.45) is 0 Å². The average Bonchev–Trinajstić information content (AvgIpc) is 2.16.